The molecule has 1 atom stereocenters. The largest absolute Gasteiger partial charge is 0.347 e. The van der Waals surface area contributed by atoms with E-state index in [-0.39, 0.29) is 0 Å². The van der Waals surface area contributed by atoms with Gasteiger partial charge < -0.3 is 10.2 Å². The summed E-state index contributed by atoms with van der Waals surface area (Å²) in [5.74, 6) is 0. The number of likely N-dealkylation sites (N-methyl/N-ethyl adjacent to an activating group) is 1. The molecule has 3 nitrogen and oxygen atoms in total. The van der Waals surface area contributed by atoms with Crippen LogP contribution in [0.2, 0.25) is 0 Å². The Balaban J connectivity index is 1.92. The third kappa shape index (κ3) is 1.68. The van der Waals surface area contributed by atoms with Gasteiger partial charge in [-0.2, -0.15) is 0 Å². The van der Waals surface area contributed by atoms with Crippen molar-refractivity contribution < 1.29 is 0 Å². The number of benzene rings is 1. The number of aromatic nitrogens is 1. The van der Waals surface area contributed by atoms with E-state index in [0.29, 0.717) is 6.04 Å². The summed E-state index contributed by atoms with van der Waals surface area (Å²) in [7, 11) is 2.15. The van der Waals surface area contributed by atoms with Gasteiger partial charge in [0, 0.05) is 19.6 Å². The van der Waals surface area contributed by atoms with Crippen LogP contribution < -0.4 is 10.2 Å². The number of fused-ring (bicyclic) bond motifs is 1. The molecule has 0 saturated carbocycles. The first-order valence-corrected chi connectivity index (χ1v) is 6.45. The molecule has 1 aliphatic heterocycles. The first-order chi connectivity index (χ1) is 7.84. The second kappa shape index (κ2) is 4.03. The highest BCUT2D eigenvalue weighted by atomic mass is 32.1. The third-order valence-corrected chi connectivity index (χ3v) is 4.29. The van der Waals surface area contributed by atoms with Gasteiger partial charge in [0.2, 0.25) is 0 Å². The number of nitrogens with one attached hydrogen (secondary N) is 1. The van der Waals surface area contributed by atoms with Gasteiger partial charge in [0.1, 0.15) is 0 Å². The molecule has 1 aromatic heterocycles. The smallest absolute Gasteiger partial charge is 0.186 e. The van der Waals surface area contributed by atoms with E-state index in [1.807, 2.05) is 6.07 Å². The molecule has 84 valence electrons. The number of thiazole rings is 1. The fraction of sp³-hybridized carbons (Fsp3) is 0.417. The van der Waals surface area contributed by atoms with Crippen molar-refractivity contribution in [2.75, 3.05) is 25.0 Å². The fourth-order valence-electron chi connectivity index (χ4n) is 2.14. The Morgan fingerprint density at radius 2 is 2.31 bits per heavy atom. The summed E-state index contributed by atoms with van der Waals surface area (Å²) < 4.78 is 1.27. The molecule has 2 heterocycles. The predicted octanol–water partition coefficient (Wildman–Crippen LogP) is 2.09. The lowest BCUT2D eigenvalue weighted by molar-refractivity contribution is 0.684. The topological polar surface area (TPSA) is 28.2 Å². The van der Waals surface area contributed by atoms with E-state index in [4.69, 9.17) is 0 Å². The molecule has 0 bridgehead atoms. The van der Waals surface area contributed by atoms with Crippen LogP contribution in [0.1, 0.15) is 6.42 Å². The summed E-state index contributed by atoms with van der Waals surface area (Å²) in [6, 6.07) is 8.93. The SMILES string of the molecule is CN(c1nc2ccccc2s1)[C@@H]1CCNC1. The van der Waals surface area contributed by atoms with Crippen molar-refractivity contribution in [2.24, 2.45) is 0 Å². The molecule has 4 heteroatoms. The number of para-hydroxylation sites is 1. The molecule has 1 N–H and O–H groups in total. The lowest BCUT2D eigenvalue weighted by Crippen LogP contribution is -2.33. The summed E-state index contributed by atoms with van der Waals surface area (Å²) in [5.41, 5.74) is 1.11. The average molecular weight is 233 g/mol. The van der Waals surface area contributed by atoms with Crippen LogP contribution >= 0.6 is 11.3 Å². The highest BCUT2D eigenvalue weighted by Crippen LogP contribution is 2.29. The first kappa shape index (κ1) is 10.1. The van der Waals surface area contributed by atoms with E-state index in [0.717, 1.165) is 23.7 Å². The Labute approximate surface area is 99.1 Å². The van der Waals surface area contributed by atoms with Crippen molar-refractivity contribution in [1.82, 2.24) is 10.3 Å². The number of nitrogens with zero attached hydrogens (tertiary/aromatic N) is 2. The third-order valence-electron chi connectivity index (χ3n) is 3.17. The lowest BCUT2D eigenvalue weighted by atomic mass is 10.2. The van der Waals surface area contributed by atoms with Gasteiger partial charge in [0.15, 0.2) is 5.13 Å². The van der Waals surface area contributed by atoms with Crippen LogP contribution in [-0.4, -0.2) is 31.2 Å². The van der Waals surface area contributed by atoms with Gasteiger partial charge >= 0.3 is 0 Å². The zero-order valence-electron chi connectivity index (χ0n) is 9.31. The maximum Gasteiger partial charge on any atom is 0.186 e. The van der Waals surface area contributed by atoms with Crippen molar-refractivity contribution in [1.29, 1.82) is 0 Å². The van der Waals surface area contributed by atoms with Gasteiger partial charge in [0.25, 0.3) is 0 Å². The molecule has 0 unspecified atom stereocenters. The highest BCUT2D eigenvalue weighted by Gasteiger charge is 2.21. The number of anilines is 1. The van der Waals surface area contributed by atoms with Crippen LogP contribution in [0.25, 0.3) is 10.2 Å². The van der Waals surface area contributed by atoms with Crippen molar-refractivity contribution in [3.05, 3.63) is 24.3 Å². The van der Waals surface area contributed by atoms with Gasteiger partial charge in [-0.3, -0.25) is 0 Å². The standard InChI is InChI=1S/C12H15N3S/c1-15(9-6-7-13-8-9)12-14-10-4-2-3-5-11(10)16-12/h2-5,9,13H,6-8H2,1H3/t9-/m1/s1. The van der Waals surface area contributed by atoms with E-state index < -0.39 is 0 Å². The summed E-state index contributed by atoms with van der Waals surface area (Å²) in [5, 5.41) is 4.53. The van der Waals surface area contributed by atoms with Gasteiger partial charge in [-0.15, -0.1) is 0 Å². The second-order valence-corrected chi connectivity index (χ2v) is 5.23. The lowest BCUT2D eigenvalue weighted by Gasteiger charge is -2.22. The van der Waals surface area contributed by atoms with E-state index in [1.54, 1.807) is 11.3 Å². The zero-order chi connectivity index (χ0) is 11.0. The molecule has 3 rings (SSSR count). The minimum atomic E-state index is 0.598. The Morgan fingerprint density at radius 3 is 3.06 bits per heavy atom. The first-order valence-electron chi connectivity index (χ1n) is 5.64. The minimum absolute atomic E-state index is 0.598. The number of hydrogen-bond donors (Lipinski definition) is 1. The van der Waals surface area contributed by atoms with Crippen molar-refractivity contribution in [3.8, 4) is 0 Å². The van der Waals surface area contributed by atoms with E-state index in [2.05, 4.69) is 40.4 Å². The zero-order valence-corrected chi connectivity index (χ0v) is 10.1. The van der Waals surface area contributed by atoms with Gasteiger partial charge in [-0.25, -0.2) is 4.98 Å². The van der Waals surface area contributed by atoms with Crippen LogP contribution in [0.3, 0.4) is 0 Å². The Hall–Kier alpha value is -1.13. The molecule has 1 saturated heterocycles. The minimum Gasteiger partial charge on any atom is -0.347 e. The van der Waals surface area contributed by atoms with Gasteiger partial charge in [0.05, 0.1) is 10.2 Å². The van der Waals surface area contributed by atoms with E-state index >= 15 is 0 Å². The van der Waals surface area contributed by atoms with Crippen molar-refractivity contribution in [3.63, 3.8) is 0 Å². The van der Waals surface area contributed by atoms with Crippen LogP contribution in [-0.2, 0) is 0 Å². The molecule has 0 spiro atoms. The molecule has 1 aliphatic rings. The summed E-state index contributed by atoms with van der Waals surface area (Å²) in [6.07, 6.45) is 1.21. The monoisotopic (exact) mass is 233 g/mol. The number of rotatable bonds is 2. The quantitative estimate of drug-likeness (QED) is 0.861. The highest BCUT2D eigenvalue weighted by molar-refractivity contribution is 7.22. The van der Waals surface area contributed by atoms with Crippen molar-refractivity contribution in [2.45, 2.75) is 12.5 Å². The molecular formula is C12H15N3S. The van der Waals surface area contributed by atoms with Gasteiger partial charge in [-0.05, 0) is 25.1 Å². The Bertz CT molecular complexity index is 455. The van der Waals surface area contributed by atoms with Crippen molar-refractivity contribution >= 4 is 26.7 Å². The molecule has 2 aromatic rings. The van der Waals surface area contributed by atoms with Gasteiger partial charge in [-0.1, -0.05) is 23.5 Å². The van der Waals surface area contributed by atoms with Crippen LogP contribution in [0.4, 0.5) is 5.13 Å². The van der Waals surface area contributed by atoms with Crippen LogP contribution in [0, 0.1) is 0 Å². The van der Waals surface area contributed by atoms with E-state index in [9.17, 15) is 0 Å². The molecule has 0 radical (unpaired) electrons. The molecule has 1 aromatic carbocycles. The number of hydrogen-bond acceptors (Lipinski definition) is 4. The Morgan fingerprint density at radius 1 is 1.44 bits per heavy atom. The second-order valence-electron chi connectivity index (χ2n) is 4.22. The van der Waals surface area contributed by atoms with Crippen LogP contribution in [0.5, 0.6) is 0 Å². The van der Waals surface area contributed by atoms with Crippen LogP contribution in [0.15, 0.2) is 24.3 Å². The van der Waals surface area contributed by atoms with E-state index in [1.165, 1.54) is 11.1 Å². The maximum absolute atomic E-state index is 4.67. The molecule has 1 fully saturated rings. The average Bonchev–Trinajstić information content (AvgIpc) is 2.97. The predicted molar refractivity (Wildman–Crippen MR) is 69.3 cm³/mol. The fourth-order valence-corrected chi connectivity index (χ4v) is 3.14. The molecular weight excluding hydrogens is 218 g/mol. The molecule has 16 heavy (non-hydrogen) atoms. The maximum atomic E-state index is 4.67. The normalized spacial score (nSPS) is 20.4. The summed E-state index contributed by atoms with van der Waals surface area (Å²) >= 11 is 1.78. The molecule has 0 aliphatic carbocycles. The summed E-state index contributed by atoms with van der Waals surface area (Å²) in [4.78, 5) is 6.98. The summed E-state index contributed by atoms with van der Waals surface area (Å²) in [6.45, 7) is 2.20. The molecule has 0 amide bonds. The Kier molecular flexibility index (Phi) is 2.53.